The van der Waals surface area contributed by atoms with Gasteiger partial charge in [-0.25, -0.2) is 9.97 Å². The van der Waals surface area contributed by atoms with Gasteiger partial charge < -0.3 is 14.8 Å². The Hall–Kier alpha value is -2.95. The molecule has 1 aromatic carbocycles. The number of carbonyl (C=O) groups excluding carboxylic acids is 1. The molecule has 3 aromatic heterocycles. The van der Waals surface area contributed by atoms with Crippen LogP contribution in [0.15, 0.2) is 52.5 Å². The minimum Gasteiger partial charge on any atom is -0.497 e. The average molecular weight is 497 g/mol. The molecule has 0 saturated carbocycles. The summed E-state index contributed by atoms with van der Waals surface area (Å²) in [5, 5.41) is 4.30. The van der Waals surface area contributed by atoms with Crippen LogP contribution in [0.4, 0.5) is 0 Å². The Bertz CT molecular complexity index is 1400. The van der Waals surface area contributed by atoms with Gasteiger partial charge in [0.1, 0.15) is 15.3 Å². The summed E-state index contributed by atoms with van der Waals surface area (Å²) in [6.45, 7) is 1.53. The van der Waals surface area contributed by atoms with E-state index in [1.807, 2.05) is 36.4 Å². The Morgan fingerprint density at radius 2 is 2.26 bits per heavy atom. The number of fused-ring (bicyclic) bond motifs is 3. The zero-order valence-electron chi connectivity index (χ0n) is 18.7. The highest BCUT2D eigenvalue weighted by molar-refractivity contribution is 7.99. The first-order valence-corrected chi connectivity index (χ1v) is 12.8. The smallest absolute Gasteiger partial charge is 0.272 e. The number of amides is 1. The second-order valence-electron chi connectivity index (χ2n) is 8.00. The summed E-state index contributed by atoms with van der Waals surface area (Å²) in [4.78, 5) is 36.0. The molecular weight excluding hydrogens is 472 g/mol. The summed E-state index contributed by atoms with van der Waals surface area (Å²) in [7, 11) is 1.61. The molecule has 1 saturated heterocycles. The first-order valence-electron chi connectivity index (χ1n) is 11.0. The number of methoxy groups -OCH3 is 1. The fraction of sp³-hybridized carbons (Fsp3) is 0.333. The van der Waals surface area contributed by atoms with Crippen LogP contribution in [0.3, 0.4) is 0 Å². The van der Waals surface area contributed by atoms with E-state index in [1.165, 1.54) is 23.1 Å². The van der Waals surface area contributed by atoms with Crippen molar-refractivity contribution in [3.05, 3.63) is 58.5 Å². The number of thioether (sulfide) groups is 1. The number of nitrogens with zero attached hydrogens (tertiary/aromatic N) is 3. The fourth-order valence-corrected chi connectivity index (χ4v) is 5.83. The van der Waals surface area contributed by atoms with Crippen molar-refractivity contribution in [1.29, 1.82) is 0 Å². The van der Waals surface area contributed by atoms with Gasteiger partial charge >= 0.3 is 0 Å². The van der Waals surface area contributed by atoms with E-state index in [-0.39, 0.29) is 23.3 Å². The molecule has 0 spiro atoms. The monoisotopic (exact) mass is 496 g/mol. The first-order chi connectivity index (χ1) is 16.6. The van der Waals surface area contributed by atoms with Crippen LogP contribution >= 0.6 is 23.1 Å². The van der Waals surface area contributed by atoms with Crippen molar-refractivity contribution in [2.24, 2.45) is 0 Å². The van der Waals surface area contributed by atoms with E-state index in [2.05, 4.69) is 10.3 Å². The molecule has 4 heterocycles. The number of rotatable bonds is 8. The Morgan fingerprint density at radius 3 is 3.09 bits per heavy atom. The van der Waals surface area contributed by atoms with Gasteiger partial charge in [0.05, 0.1) is 31.0 Å². The molecule has 1 atom stereocenters. The van der Waals surface area contributed by atoms with Gasteiger partial charge in [-0.15, -0.1) is 11.3 Å². The summed E-state index contributed by atoms with van der Waals surface area (Å²) in [6.07, 6.45) is 3.58. The molecule has 1 amide bonds. The lowest BCUT2D eigenvalue weighted by Crippen LogP contribution is -2.29. The van der Waals surface area contributed by atoms with Crippen LogP contribution in [0, 0.1) is 0 Å². The summed E-state index contributed by atoms with van der Waals surface area (Å²) in [5.74, 6) is 0.755. The molecule has 4 aromatic rings. The van der Waals surface area contributed by atoms with E-state index < -0.39 is 0 Å². The van der Waals surface area contributed by atoms with Crippen LogP contribution in [0.5, 0.6) is 5.75 Å². The minimum absolute atomic E-state index is 0.0225. The third-order valence-corrected chi connectivity index (χ3v) is 7.75. The van der Waals surface area contributed by atoms with Gasteiger partial charge in [0.15, 0.2) is 5.16 Å². The SMILES string of the molecule is COc1cccc(CNC(=O)CSc2nc3c(sc4ncccc43)c(=O)n2CC2CCCO2)c1. The standard InChI is InChI=1S/C24H24N4O4S2/c1-31-16-6-2-5-15(11-16)12-26-19(29)14-33-24-27-20-18-8-3-9-25-22(18)34-21(20)23(30)28(24)13-17-7-4-10-32-17/h2-3,5-6,8-9,11,17H,4,7,10,12-14H2,1H3,(H,26,29). The van der Waals surface area contributed by atoms with Gasteiger partial charge in [-0.2, -0.15) is 0 Å². The molecule has 1 N–H and O–H groups in total. The van der Waals surface area contributed by atoms with Gasteiger partial charge in [0.2, 0.25) is 5.91 Å². The number of hydrogen-bond donors (Lipinski definition) is 1. The van der Waals surface area contributed by atoms with E-state index in [9.17, 15) is 9.59 Å². The van der Waals surface area contributed by atoms with Crippen molar-refractivity contribution in [3.63, 3.8) is 0 Å². The van der Waals surface area contributed by atoms with Gasteiger partial charge in [0.25, 0.3) is 5.56 Å². The van der Waals surface area contributed by atoms with E-state index in [4.69, 9.17) is 14.5 Å². The zero-order chi connectivity index (χ0) is 23.5. The molecule has 1 unspecified atom stereocenters. The molecule has 1 fully saturated rings. The van der Waals surface area contributed by atoms with Crippen molar-refractivity contribution >= 4 is 49.4 Å². The van der Waals surface area contributed by atoms with Crippen molar-refractivity contribution < 1.29 is 14.3 Å². The van der Waals surface area contributed by atoms with Crippen molar-refractivity contribution in [1.82, 2.24) is 19.9 Å². The van der Waals surface area contributed by atoms with Gasteiger partial charge in [0, 0.05) is 24.7 Å². The quantitative estimate of drug-likeness (QED) is 0.294. The minimum atomic E-state index is -0.136. The number of benzene rings is 1. The number of hydrogen-bond acceptors (Lipinski definition) is 8. The Kier molecular flexibility index (Phi) is 6.80. The number of carbonyl (C=O) groups is 1. The zero-order valence-corrected chi connectivity index (χ0v) is 20.3. The van der Waals surface area contributed by atoms with E-state index in [0.29, 0.717) is 35.1 Å². The molecule has 8 nitrogen and oxygen atoms in total. The maximum Gasteiger partial charge on any atom is 0.272 e. The molecule has 176 valence electrons. The number of nitrogens with one attached hydrogen (secondary N) is 1. The highest BCUT2D eigenvalue weighted by Crippen LogP contribution is 2.31. The van der Waals surface area contributed by atoms with Crippen LogP contribution in [0.25, 0.3) is 20.4 Å². The molecule has 1 aliphatic heterocycles. The number of thiophene rings is 1. The number of aromatic nitrogens is 3. The van der Waals surface area contributed by atoms with Crippen LogP contribution < -0.4 is 15.6 Å². The molecule has 0 aliphatic carbocycles. The van der Waals surface area contributed by atoms with E-state index in [0.717, 1.165) is 34.4 Å². The molecule has 1 aliphatic rings. The maximum absolute atomic E-state index is 13.4. The average Bonchev–Trinajstić information content (AvgIpc) is 3.51. The summed E-state index contributed by atoms with van der Waals surface area (Å²) in [6, 6.07) is 11.3. The summed E-state index contributed by atoms with van der Waals surface area (Å²) >= 11 is 2.62. The molecular formula is C24H24N4O4S2. The van der Waals surface area contributed by atoms with Crippen molar-refractivity contribution in [2.45, 2.75) is 37.2 Å². The van der Waals surface area contributed by atoms with Gasteiger partial charge in [-0.3, -0.25) is 14.2 Å². The lowest BCUT2D eigenvalue weighted by molar-refractivity contribution is -0.118. The van der Waals surface area contributed by atoms with Crippen LogP contribution in [-0.4, -0.2) is 46.0 Å². The van der Waals surface area contributed by atoms with Crippen molar-refractivity contribution in [2.75, 3.05) is 19.5 Å². The van der Waals surface area contributed by atoms with Crippen LogP contribution in [0.2, 0.25) is 0 Å². The number of pyridine rings is 1. The van der Waals surface area contributed by atoms with Crippen LogP contribution in [-0.2, 0) is 22.6 Å². The lowest BCUT2D eigenvalue weighted by atomic mass is 10.2. The predicted molar refractivity (Wildman–Crippen MR) is 134 cm³/mol. The fourth-order valence-electron chi connectivity index (χ4n) is 3.97. The third-order valence-electron chi connectivity index (χ3n) is 5.68. The Balaban J connectivity index is 1.38. The summed E-state index contributed by atoms with van der Waals surface area (Å²) in [5.41, 5.74) is 1.48. The lowest BCUT2D eigenvalue weighted by Gasteiger charge is -2.15. The second-order valence-corrected chi connectivity index (χ2v) is 9.94. The van der Waals surface area contributed by atoms with E-state index >= 15 is 0 Å². The maximum atomic E-state index is 13.4. The van der Waals surface area contributed by atoms with Crippen molar-refractivity contribution in [3.8, 4) is 5.75 Å². The summed E-state index contributed by atoms with van der Waals surface area (Å²) < 4.78 is 13.3. The topological polar surface area (TPSA) is 95.3 Å². The Labute approximate surface area is 204 Å². The molecule has 0 bridgehead atoms. The predicted octanol–water partition coefficient (Wildman–Crippen LogP) is 3.60. The van der Waals surface area contributed by atoms with Gasteiger partial charge in [-0.05, 0) is 42.7 Å². The van der Waals surface area contributed by atoms with Crippen LogP contribution in [0.1, 0.15) is 18.4 Å². The normalized spacial score (nSPS) is 15.7. The molecule has 34 heavy (non-hydrogen) atoms. The molecule has 0 radical (unpaired) electrons. The highest BCUT2D eigenvalue weighted by Gasteiger charge is 2.22. The largest absolute Gasteiger partial charge is 0.497 e. The highest BCUT2D eigenvalue weighted by atomic mass is 32.2. The molecule has 5 rings (SSSR count). The van der Waals surface area contributed by atoms with E-state index in [1.54, 1.807) is 17.9 Å². The Morgan fingerprint density at radius 1 is 1.35 bits per heavy atom. The van der Waals surface area contributed by atoms with Gasteiger partial charge in [-0.1, -0.05) is 23.9 Å². The second kappa shape index (κ2) is 10.1. The molecule has 10 heteroatoms. The number of ether oxygens (including phenoxy) is 2. The third kappa shape index (κ3) is 4.79. The first kappa shape index (κ1) is 22.8.